The number of hydrogen-bond acceptors (Lipinski definition) is 5. The van der Waals surface area contributed by atoms with Gasteiger partial charge in [-0.2, -0.15) is 0 Å². The number of para-hydroxylation sites is 2. The summed E-state index contributed by atoms with van der Waals surface area (Å²) in [5, 5.41) is 10.9. The zero-order valence-electron chi connectivity index (χ0n) is 16.2. The molecule has 0 aliphatic carbocycles. The van der Waals surface area contributed by atoms with Crippen molar-refractivity contribution in [3.63, 3.8) is 0 Å². The number of aromatic nitrogens is 4. The van der Waals surface area contributed by atoms with E-state index in [0.29, 0.717) is 23.0 Å². The van der Waals surface area contributed by atoms with Gasteiger partial charge in [0.05, 0.1) is 17.5 Å². The fourth-order valence-corrected chi connectivity index (χ4v) is 3.29. The molecule has 0 bridgehead atoms. The number of hydrogen-bond donors (Lipinski definition) is 1. The average molecular weight is 413 g/mol. The first-order chi connectivity index (χ1) is 15.2. The maximum atomic E-state index is 13.0. The summed E-state index contributed by atoms with van der Waals surface area (Å²) in [6, 6.07) is 20.5. The van der Waals surface area contributed by atoms with Gasteiger partial charge in [0.15, 0.2) is 0 Å². The molecule has 152 valence electrons. The minimum atomic E-state index is -0.335. The van der Waals surface area contributed by atoms with Gasteiger partial charge in [-0.1, -0.05) is 30.3 Å². The van der Waals surface area contributed by atoms with Crippen LogP contribution < -0.4 is 10.1 Å². The summed E-state index contributed by atoms with van der Waals surface area (Å²) in [7, 11) is 0. The molecule has 31 heavy (non-hydrogen) atoms. The molecule has 0 saturated heterocycles. The molecule has 2 aromatic heterocycles. The Morgan fingerprint density at radius 1 is 1.03 bits per heavy atom. The lowest BCUT2D eigenvalue weighted by atomic mass is 10.1. The third-order valence-electron chi connectivity index (χ3n) is 4.71. The molecule has 0 aliphatic heterocycles. The Labute approximate surface area is 176 Å². The molecular formula is C23H16FN5O2. The summed E-state index contributed by atoms with van der Waals surface area (Å²) in [4.78, 5) is 16.9. The number of carbonyl (C=O) groups is 1. The van der Waals surface area contributed by atoms with Gasteiger partial charge in [-0.25, -0.2) is 9.37 Å². The van der Waals surface area contributed by atoms with Gasteiger partial charge in [-0.05, 0) is 42.0 Å². The van der Waals surface area contributed by atoms with Crippen LogP contribution in [-0.2, 0) is 11.2 Å². The van der Waals surface area contributed by atoms with Crippen LogP contribution >= 0.6 is 0 Å². The molecule has 2 heterocycles. The standard InChI is InChI=1S/C23H16FN5O2/c24-16-10-8-15(9-11-16)12-21(30)26-17-4-3-5-18(13-17)31-23-22-28-25-14-29(22)20-7-2-1-6-19(20)27-23/h1-11,13-14H,12H2,(H,26,30). The molecule has 0 saturated carbocycles. The molecule has 8 heteroatoms. The average Bonchev–Trinajstić information content (AvgIpc) is 3.26. The summed E-state index contributed by atoms with van der Waals surface area (Å²) in [5.41, 5.74) is 3.40. The van der Waals surface area contributed by atoms with Crippen LogP contribution in [0.4, 0.5) is 10.1 Å². The Bertz CT molecular complexity index is 1400. The Hall–Kier alpha value is -4.33. The van der Waals surface area contributed by atoms with E-state index in [4.69, 9.17) is 4.74 Å². The molecule has 0 radical (unpaired) electrons. The van der Waals surface area contributed by atoms with Crippen LogP contribution in [0.2, 0.25) is 0 Å². The highest BCUT2D eigenvalue weighted by Crippen LogP contribution is 2.28. The predicted molar refractivity (Wildman–Crippen MR) is 114 cm³/mol. The van der Waals surface area contributed by atoms with Crippen LogP contribution in [0.1, 0.15) is 5.56 Å². The van der Waals surface area contributed by atoms with E-state index >= 15 is 0 Å². The van der Waals surface area contributed by atoms with Crippen LogP contribution in [0.25, 0.3) is 16.7 Å². The van der Waals surface area contributed by atoms with Gasteiger partial charge in [0.1, 0.15) is 17.9 Å². The topological polar surface area (TPSA) is 81.4 Å². The number of anilines is 1. The van der Waals surface area contributed by atoms with Crippen molar-refractivity contribution >= 4 is 28.3 Å². The van der Waals surface area contributed by atoms with Gasteiger partial charge in [-0.15, -0.1) is 10.2 Å². The van der Waals surface area contributed by atoms with Crippen molar-refractivity contribution in [2.24, 2.45) is 0 Å². The Kier molecular flexibility index (Phi) is 4.72. The second-order valence-corrected chi connectivity index (χ2v) is 6.91. The number of nitrogens with zero attached hydrogens (tertiary/aromatic N) is 4. The number of rotatable bonds is 5. The zero-order chi connectivity index (χ0) is 21.2. The molecule has 0 spiro atoms. The number of ether oxygens (including phenoxy) is 1. The molecule has 0 atom stereocenters. The summed E-state index contributed by atoms with van der Waals surface area (Å²) < 4.78 is 20.8. The van der Waals surface area contributed by atoms with Crippen LogP contribution in [0, 0.1) is 5.82 Å². The molecule has 0 aliphatic rings. The quantitative estimate of drug-likeness (QED) is 0.462. The van der Waals surface area contributed by atoms with Crippen LogP contribution in [0.3, 0.4) is 0 Å². The lowest BCUT2D eigenvalue weighted by Gasteiger charge is -2.10. The molecule has 0 unspecified atom stereocenters. The molecule has 7 nitrogen and oxygen atoms in total. The smallest absolute Gasteiger partial charge is 0.266 e. The van der Waals surface area contributed by atoms with Crippen LogP contribution in [-0.4, -0.2) is 25.5 Å². The second-order valence-electron chi connectivity index (χ2n) is 6.91. The first-order valence-corrected chi connectivity index (χ1v) is 9.56. The summed E-state index contributed by atoms with van der Waals surface area (Å²) in [6.45, 7) is 0. The third-order valence-corrected chi connectivity index (χ3v) is 4.71. The van der Waals surface area contributed by atoms with Gasteiger partial charge in [-0.3, -0.25) is 9.20 Å². The molecule has 3 aromatic carbocycles. The van der Waals surface area contributed by atoms with Crippen molar-refractivity contribution in [2.75, 3.05) is 5.32 Å². The number of benzene rings is 3. The van der Waals surface area contributed by atoms with Gasteiger partial charge in [0.25, 0.3) is 5.88 Å². The Morgan fingerprint density at radius 3 is 2.74 bits per heavy atom. The third kappa shape index (κ3) is 3.91. The van der Waals surface area contributed by atoms with E-state index in [1.165, 1.54) is 12.1 Å². The number of carbonyl (C=O) groups excluding carboxylic acids is 1. The first-order valence-electron chi connectivity index (χ1n) is 9.56. The fraction of sp³-hybridized carbons (Fsp3) is 0.0435. The highest BCUT2D eigenvalue weighted by atomic mass is 19.1. The Balaban J connectivity index is 1.37. The van der Waals surface area contributed by atoms with E-state index in [1.54, 1.807) is 42.7 Å². The fourth-order valence-electron chi connectivity index (χ4n) is 3.29. The predicted octanol–water partition coefficient (Wildman–Crippen LogP) is 4.39. The van der Waals surface area contributed by atoms with Gasteiger partial charge in [0.2, 0.25) is 11.6 Å². The van der Waals surface area contributed by atoms with Crippen molar-refractivity contribution in [3.8, 4) is 11.6 Å². The highest BCUT2D eigenvalue weighted by molar-refractivity contribution is 5.92. The monoisotopic (exact) mass is 413 g/mol. The minimum Gasteiger partial charge on any atom is -0.436 e. The summed E-state index contributed by atoms with van der Waals surface area (Å²) in [6.07, 6.45) is 1.75. The lowest BCUT2D eigenvalue weighted by Crippen LogP contribution is -2.14. The maximum Gasteiger partial charge on any atom is 0.266 e. The van der Waals surface area contributed by atoms with E-state index < -0.39 is 0 Å². The SMILES string of the molecule is O=C(Cc1ccc(F)cc1)Nc1cccc(Oc2nc3ccccc3n3cnnc23)c1. The molecule has 5 rings (SSSR count). The normalized spacial score (nSPS) is 11.0. The molecule has 1 N–H and O–H groups in total. The highest BCUT2D eigenvalue weighted by Gasteiger charge is 2.13. The molecule has 1 amide bonds. The molecular weight excluding hydrogens is 397 g/mol. The largest absolute Gasteiger partial charge is 0.436 e. The van der Waals surface area contributed by atoms with Crippen LogP contribution in [0.5, 0.6) is 11.6 Å². The lowest BCUT2D eigenvalue weighted by molar-refractivity contribution is -0.115. The zero-order valence-corrected chi connectivity index (χ0v) is 16.2. The van der Waals surface area contributed by atoms with Crippen LogP contribution in [0.15, 0.2) is 79.1 Å². The van der Waals surface area contributed by atoms with Crippen molar-refractivity contribution in [2.45, 2.75) is 6.42 Å². The van der Waals surface area contributed by atoms with Crippen molar-refractivity contribution < 1.29 is 13.9 Å². The number of nitrogens with one attached hydrogen (secondary N) is 1. The van der Waals surface area contributed by atoms with Crippen molar-refractivity contribution in [1.82, 2.24) is 19.6 Å². The maximum absolute atomic E-state index is 13.0. The van der Waals surface area contributed by atoms with Gasteiger partial charge < -0.3 is 10.1 Å². The molecule has 5 aromatic rings. The van der Waals surface area contributed by atoms with Crippen molar-refractivity contribution in [1.29, 1.82) is 0 Å². The van der Waals surface area contributed by atoms with E-state index in [-0.39, 0.29) is 18.1 Å². The van der Waals surface area contributed by atoms with Gasteiger partial charge >= 0.3 is 0 Å². The molecule has 0 fully saturated rings. The van der Waals surface area contributed by atoms with E-state index in [1.807, 2.05) is 28.7 Å². The van der Waals surface area contributed by atoms with E-state index in [9.17, 15) is 9.18 Å². The van der Waals surface area contributed by atoms with E-state index in [0.717, 1.165) is 16.6 Å². The summed E-state index contributed by atoms with van der Waals surface area (Å²) >= 11 is 0. The minimum absolute atomic E-state index is 0.137. The second kappa shape index (κ2) is 7.83. The van der Waals surface area contributed by atoms with Gasteiger partial charge in [0, 0.05) is 11.8 Å². The number of amides is 1. The Morgan fingerprint density at radius 2 is 1.87 bits per heavy atom. The number of fused-ring (bicyclic) bond motifs is 3. The first kappa shape index (κ1) is 18.7. The van der Waals surface area contributed by atoms with E-state index in [2.05, 4.69) is 20.5 Å². The van der Waals surface area contributed by atoms with Crippen molar-refractivity contribution in [3.05, 3.63) is 90.5 Å². The number of halogens is 1. The summed E-state index contributed by atoms with van der Waals surface area (Å²) in [5.74, 6) is 0.253.